The molecule has 0 unspecified atom stereocenters. The number of fused-ring (bicyclic) bond motifs is 1. The minimum Gasteiger partial charge on any atom is -0.338 e. The number of benzene rings is 1. The fourth-order valence-electron chi connectivity index (χ4n) is 2.25. The first-order valence-electron chi connectivity index (χ1n) is 6.26. The zero-order chi connectivity index (χ0) is 14.3. The number of imidazole rings is 1. The van der Waals surface area contributed by atoms with Crippen LogP contribution < -0.4 is 0 Å². The Bertz CT molecular complexity index is 887. The average Bonchev–Trinajstić information content (AvgIpc) is 2.88. The van der Waals surface area contributed by atoms with Gasteiger partial charge in [-0.15, -0.1) is 0 Å². The predicted octanol–water partition coefficient (Wildman–Crippen LogP) is 3.29. The van der Waals surface area contributed by atoms with Crippen LogP contribution >= 0.6 is 24.4 Å². The zero-order valence-electron chi connectivity index (χ0n) is 11.3. The smallest absolute Gasteiger partial charge is 0.182 e. The molecule has 0 atom stereocenters. The number of aromatic nitrogens is 4. The van der Waals surface area contributed by atoms with E-state index in [1.165, 1.54) is 5.56 Å². The molecule has 0 aliphatic rings. The van der Waals surface area contributed by atoms with Crippen molar-refractivity contribution in [3.63, 3.8) is 0 Å². The summed E-state index contributed by atoms with van der Waals surface area (Å²) in [5.41, 5.74) is 2.89. The fraction of sp³-hybridized carbons (Fsp3) is 0.214. The molecule has 3 rings (SSSR count). The Balaban J connectivity index is 2.17. The van der Waals surface area contributed by atoms with Crippen LogP contribution in [-0.2, 0) is 20.5 Å². The molecule has 0 saturated heterocycles. The molecule has 0 aliphatic heterocycles. The quantitative estimate of drug-likeness (QED) is 0.738. The highest BCUT2D eigenvalue weighted by molar-refractivity contribution is 7.72. The molecule has 0 radical (unpaired) electrons. The molecule has 0 spiro atoms. The van der Waals surface area contributed by atoms with E-state index in [0.29, 0.717) is 9.41 Å². The standard InChI is InChI=1S/C14H14N4S2/c1-17-12-11(13(19)18(2)14(17)20)15-10(16-12)8-9-6-4-3-5-7-9/h3-7H,8H2,1-2H3,(H,15,16). The summed E-state index contributed by atoms with van der Waals surface area (Å²) in [6.07, 6.45) is 0.751. The van der Waals surface area contributed by atoms with E-state index in [4.69, 9.17) is 24.4 Å². The van der Waals surface area contributed by atoms with Gasteiger partial charge in [-0.2, -0.15) is 0 Å². The molecular formula is C14H14N4S2. The summed E-state index contributed by atoms with van der Waals surface area (Å²) >= 11 is 10.8. The van der Waals surface area contributed by atoms with Crippen LogP contribution in [0.3, 0.4) is 0 Å². The van der Waals surface area contributed by atoms with Gasteiger partial charge in [-0.3, -0.25) is 0 Å². The summed E-state index contributed by atoms with van der Waals surface area (Å²) in [5.74, 6) is 0.897. The molecule has 0 saturated carbocycles. The lowest BCUT2D eigenvalue weighted by Gasteiger charge is -2.05. The lowest BCUT2D eigenvalue weighted by atomic mass is 10.1. The number of hydrogen-bond donors (Lipinski definition) is 1. The van der Waals surface area contributed by atoms with Gasteiger partial charge >= 0.3 is 0 Å². The van der Waals surface area contributed by atoms with E-state index >= 15 is 0 Å². The van der Waals surface area contributed by atoms with E-state index in [1.54, 1.807) is 0 Å². The first kappa shape index (κ1) is 13.2. The first-order chi connectivity index (χ1) is 9.58. The summed E-state index contributed by atoms with van der Waals surface area (Å²) in [6.45, 7) is 0. The van der Waals surface area contributed by atoms with E-state index in [2.05, 4.69) is 22.1 Å². The minimum atomic E-state index is 0.667. The van der Waals surface area contributed by atoms with Crippen molar-refractivity contribution < 1.29 is 0 Å². The van der Waals surface area contributed by atoms with Gasteiger partial charge < -0.3 is 14.1 Å². The number of H-pyrrole nitrogens is 1. The third-order valence-electron chi connectivity index (χ3n) is 3.36. The highest BCUT2D eigenvalue weighted by atomic mass is 32.1. The molecule has 20 heavy (non-hydrogen) atoms. The second-order valence-corrected chi connectivity index (χ2v) is 5.50. The number of hydrogen-bond acceptors (Lipinski definition) is 3. The van der Waals surface area contributed by atoms with E-state index < -0.39 is 0 Å². The maximum atomic E-state index is 5.43. The number of nitrogens with one attached hydrogen (secondary N) is 1. The molecular weight excluding hydrogens is 288 g/mol. The fourth-order valence-corrected chi connectivity index (χ4v) is 2.71. The topological polar surface area (TPSA) is 38.5 Å². The molecule has 0 bridgehead atoms. The maximum absolute atomic E-state index is 5.43. The number of aromatic amines is 1. The Kier molecular flexibility index (Phi) is 3.27. The van der Waals surface area contributed by atoms with Gasteiger partial charge in [-0.05, 0) is 17.8 Å². The minimum absolute atomic E-state index is 0.667. The van der Waals surface area contributed by atoms with Gasteiger partial charge in [0.15, 0.2) is 10.4 Å². The molecule has 0 aliphatic carbocycles. The van der Waals surface area contributed by atoms with Crippen LogP contribution in [-0.4, -0.2) is 19.1 Å². The van der Waals surface area contributed by atoms with Crippen molar-refractivity contribution in [2.24, 2.45) is 14.1 Å². The predicted molar refractivity (Wildman–Crippen MR) is 85.0 cm³/mol. The summed E-state index contributed by atoms with van der Waals surface area (Å²) in [7, 11) is 3.79. The number of rotatable bonds is 2. The van der Waals surface area contributed by atoms with Gasteiger partial charge in [-0.1, -0.05) is 42.5 Å². The summed E-state index contributed by atoms with van der Waals surface area (Å²) in [4.78, 5) is 7.95. The van der Waals surface area contributed by atoms with Crippen molar-refractivity contribution >= 4 is 35.6 Å². The van der Waals surface area contributed by atoms with Gasteiger partial charge in [0.25, 0.3) is 0 Å². The summed E-state index contributed by atoms with van der Waals surface area (Å²) in [6, 6.07) is 10.2. The molecule has 2 aromatic heterocycles. The lowest BCUT2D eigenvalue weighted by molar-refractivity contribution is 0.755. The highest BCUT2D eigenvalue weighted by Gasteiger charge is 2.10. The van der Waals surface area contributed by atoms with E-state index in [0.717, 1.165) is 23.4 Å². The van der Waals surface area contributed by atoms with E-state index in [9.17, 15) is 0 Å². The number of nitrogens with zero attached hydrogens (tertiary/aromatic N) is 3. The van der Waals surface area contributed by atoms with Crippen molar-refractivity contribution in [2.75, 3.05) is 0 Å². The Hall–Kier alpha value is -1.79. The molecule has 4 nitrogen and oxygen atoms in total. The first-order valence-corrected chi connectivity index (χ1v) is 7.08. The van der Waals surface area contributed by atoms with E-state index in [1.807, 2.05) is 41.4 Å². The van der Waals surface area contributed by atoms with Crippen molar-refractivity contribution in [2.45, 2.75) is 6.42 Å². The van der Waals surface area contributed by atoms with Crippen LogP contribution in [0, 0.1) is 9.41 Å². The lowest BCUT2D eigenvalue weighted by Crippen LogP contribution is -2.05. The molecule has 3 aromatic rings. The molecule has 1 N–H and O–H groups in total. The molecule has 0 amide bonds. The second-order valence-electron chi connectivity index (χ2n) is 4.75. The molecule has 1 aromatic carbocycles. The van der Waals surface area contributed by atoms with E-state index in [-0.39, 0.29) is 0 Å². The third-order valence-corrected chi connectivity index (χ3v) is 4.38. The maximum Gasteiger partial charge on any atom is 0.182 e. The van der Waals surface area contributed by atoms with Crippen molar-refractivity contribution in [1.29, 1.82) is 0 Å². The van der Waals surface area contributed by atoms with Gasteiger partial charge in [0, 0.05) is 20.5 Å². The van der Waals surface area contributed by atoms with Gasteiger partial charge in [0.1, 0.15) is 16.0 Å². The van der Waals surface area contributed by atoms with Gasteiger partial charge in [-0.25, -0.2) is 4.98 Å². The van der Waals surface area contributed by atoms with Crippen LogP contribution in [0.5, 0.6) is 0 Å². The molecule has 2 heterocycles. The Labute approximate surface area is 126 Å². The zero-order valence-corrected chi connectivity index (χ0v) is 12.9. The van der Waals surface area contributed by atoms with Gasteiger partial charge in [0.05, 0.1) is 0 Å². The highest BCUT2D eigenvalue weighted by Crippen LogP contribution is 2.15. The van der Waals surface area contributed by atoms with Gasteiger partial charge in [0.2, 0.25) is 0 Å². The second kappa shape index (κ2) is 4.96. The molecule has 102 valence electrons. The summed E-state index contributed by atoms with van der Waals surface area (Å²) < 4.78 is 5.05. The van der Waals surface area contributed by atoms with Crippen LogP contribution in [0.25, 0.3) is 11.2 Å². The van der Waals surface area contributed by atoms with Crippen LogP contribution in [0.1, 0.15) is 11.4 Å². The Morgan fingerprint density at radius 3 is 2.50 bits per heavy atom. The Morgan fingerprint density at radius 1 is 1.10 bits per heavy atom. The van der Waals surface area contributed by atoms with Crippen molar-refractivity contribution in [1.82, 2.24) is 19.1 Å². The largest absolute Gasteiger partial charge is 0.338 e. The SMILES string of the molecule is Cn1c(=S)c2[nH]c(Cc3ccccc3)nc2n(C)c1=S. The van der Waals surface area contributed by atoms with Crippen molar-refractivity contribution in [3.8, 4) is 0 Å². The number of aryl methyl sites for hydroxylation is 1. The monoisotopic (exact) mass is 302 g/mol. The molecule has 0 fully saturated rings. The molecule has 6 heteroatoms. The third kappa shape index (κ3) is 2.10. The van der Waals surface area contributed by atoms with Crippen LogP contribution in [0.2, 0.25) is 0 Å². The van der Waals surface area contributed by atoms with Crippen molar-refractivity contribution in [3.05, 3.63) is 51.1 Å². The van der Waals surface area contributed by atoms with Crippen LogP contribution in [0.15, 0.2) is 30.3 Å². The normalized spacial score (nSPS) is 11.1. The average molecular weight is 302 g/mol. The van der Waals surface area contributed by atoms with Crippen LogP contribution in [0.4, 0.5) is 0 Å². The summed E-state index contributed by atoms with van der Waals surface area (Å²) in [5, 5.41) is 0. The Morgan fingerprint density at radius 2 is 1.80 bits per heavy atom.